The molecule has 2 aliphatic heterocycles. The van der Waals surface area contributed by atoms with Crippen molar-refractivity contribution in [3.05, 3.63) is 52.6 Å². The van der Waals surface area contributed by atoms with Crippen LogP contribution in [0.5, 0.6) is 23.0 Å². The van der Waals surface area contributed by atoms with Crippen molar-refractivity contribution in [1.29, 1.82) is 5.26 Å². The van der Waals surface area contributed by atoms with E-state index in [1.807, 2.05) is 36.4 Å². The van der Waals surface area contributed by atoms with Crippen molar-refractivity contribution < 1.29 is 23.7 Å². The highest BCUT2D eigenvalue weighted by molar-refractivity contribution is 8.03. The second-order valence-corrected chi connectivity index (χ2v) is 8.45. The Kier molecular flexibility index (Phi) is 6.56. The summed E-state index contributed by atoms with van der Waals surface area (Å²) in [7, 11) is 6.26. The Hall–Kier alpha value is -3.51. The molecule has 0 bridgehead atoms. The number of nitrogens with zero attached hydrogens (tertiary/aromatic N) is 3. The van der Waals surface area contributed by atoms with E-state index in [2.05, 4.69) is 11.0 Å². The van der Waals surface area contributed by atoms with Crippen molar-refractivity contribution >= 4 is 23.4 Å². The molecule has 9 heteroatoms. The molecule has 2 heterocycles. The molecule has 1 amide bonds. The molecule has 1 saturated heterocycles. The fourth-order valence-electron chi connectivity index (χ4n) is 4.11. The number of benzene rings is 2. The Bertz CT molecular complexity index is 1100. The molecule has 4 rings (SSSR count). The molecule has 33 heavy (non-hydrogen) atoms. The van der Waals surface area contributed by atoms with Crippen LogP contribution in [0.15, 0.2) is 47.0 Å². The summed E-state index contributed by atoms with van der Waals surface area (Å²) >= 11 is 1.49. The SMILES string of the molecule is COc1ccc(N2CSC3=C(C#N)C(c4cc(OC)c(OC)c(OC)c4)CC(=O)N3C2)cc1. The number of rotatable bonds is 6. The number of methoxy groups -OCH3 is 4. The number of hydrogen-bond acceptors (Lipinski definition) is 8. The number of fused-ring (bicyclic) bond motifs is 1. The van der Waals surface area contributed by atoms with Gasteiger partial charge in [-0.1, -0.05) is 11.8 Å². The van der Waals surface area contributed by atoms with Crippen molar-refractivity contribution in [1.82, 2.24) is 4.90 Å². The van der Waals surface area contributed by atoms with E-state index >= 15 is 0 Å². The monoisotopic (exact) mass is 467 g/mol. The van der Waals surface area contributed by atoms with Gasteiger partial charge in [-0.25, -0.2) is 0 Å². The summed E-state index contributed by atoms with van der Waals surface area (Å²) in [5, 5.41) is 10.8. The van der Waals surface area contributed by atoms with Crippen LogP contribution in [0.2, 0.25) is 0 Å². The van der Waals surface area contributed by atoms with Crippen molar-refractivity contribution in [2.75, 3.05) is 45.9 Å². The Morgan fingerprint density at radius 1 is 1.00 bits per heavy atom. The number of carbonyl (C=O) groups is 1. The average molecular weight is 468 g/mol. The van der Waals surface area contributed by atoms with Crippen molar-refractivity contribution in [3.8, 4) is 29.1 Å². The standard InChI is InChI=1S/C24H25N3O5S/c1-29-17-7-5-16(6-8-17)26-13-27-22(28)11-18(19(12-25)24(27)33-14-26)15-9-20(30-2)23(32-4)21(10-15)31-3/h5-10,18H,11,13-14H2,1-4H3. The van der Waals surface area contributed by atoms with Crippen molar-refractivity contribution in [2.45, 2.75) is 12.3 Å². The lowest BCUT2D eigenvalue weighted by Gasteiger charge is -2.42. The zero-order valence-corrected chi connectivity index (χ0v) is 19.8. The molecule has 0 N–H and O–H groups in total. The fraction of sp³-hybridized carbons (Fsp3) is 0.333. The number of carbonyl (C=O) groups excluding carboxylic acids is 1. The van der Waals surface area contributed by atoms with Gasteiger partial charge in [-0.15, -0.1) is 0 Å². The van der Waals surface area contributed by atoms with Gasteiger partial charge in [-0.3, -0.25) is 9.69 Å². The largest absolute Gasteiger partial charge is 0.497 e. The van der Waals surface area contributed by atoms with Crippen LogP contribution in [0.3, 0.4) is 0 Å². The smallest absolute Gasteiger partial charge is 0.229 e. The zero-order valence-electron chi connectivity index (χ0n) is 19.0. The van der Waals surface area contributed by atoms with Gasteiger partial charge in [0.2, 0.25) is 11.7 Å². The minimum Gasteiger partial charge on any atom is -0.497 e. The summed E-state index contributed by atoms with van der Waals surface area (Å²) in [6, 6.07) is 13.7. The molecular formula is C24H25N3O5S. The topological polar surface area (TPSA) is 84.3 Å². The quantitative estimate of drug-likeness (QED) is 0.632. The Morgan fingerprint density at radius 2 is 1.67 bits per heavy atom. The maximum absolute atomic E-state index is 13.2. The molecule has 0 aromatic heterocycles. The molecule has 1 unspecified atom stereocenters. The minimum absolute atomic E-state index is 0.0338. The van der Waals surface area contributed by atoms with Gasteiger partial charge in [0.25, 0.3) is 0 Å². The number of amides is 1. The van der Waals surface area contributed by atoms with E-state index in [1.165, 1.54) is 18.9 Å². The van der Waals surface area contributed by atoms with Gasteiger partial charge >= 0.3 is 0 Å². The molecule has 2 aromatic carbocycles. The van der Waals surface area contributed by atoms with E-state index in [9.17, 15) is 10.1 Å². The van der Waals surface area contributed by atoms with E-state index in [4.69, 9.17) is 18.9 Å². The third-order valence-corrected chi connectivity index (χ3v) is 6.98. The molecule has 2 aromatic rings. The normalized spacial score (nSPS) is 17.9. The molecule has 172 valence electrons. The Morgan fingerprint density at radius 3 is 2.21 bits per heavy atom. The molecule has 0 aliphatic carbocycles. The first-order valence-corrected chi connectivity index (χ1v) is 11.3. The first-order valence-electron chi connectivity index (χ1n) is 10.3. The van der Waals surface area contributed by atoms with Crippen LogP contribution in [0.1, 0.15) is 17.9 Å². The molecule has 0 saturated carbocycles. The Labute approximate surface area is 197 Å². The average Bonchev–Trinajstić information content (AvgIpc) is 2.87. The van der Waals surface area contributed by atoms with Gasteiger partial charge < -0.3 is 23.8 Å². The number of nitriles is 1. The highest BCUT2D eigenvalue weighted by Crippen LogP contribution is 2.47. The van der Waals surface area contributed by atoms with Crippen molar-refractivity contribution in [2.24, 2.45) is 0 Å². The number of allylic oxidation sites excluding steroid dienone is 1. The van der Waals surface area contributed by atoms with Gasteiger partial charge in [-0.05, 0) is 42.0 Å². The Balaban J connectivity index is 1.68. The zero-order chi connectivity index (χ0) is 23.5. The first-order chi connectivity index (χ1) is 16.0. The van der Waals surface area contributed by atoms with Crippen LogP contribution in [-0.4, -0.2) is 51.8 Å². The van der Waals surface area contributed by atoms with Gasteiger partial charge in [0.05, 0.1) is 57.7 Å². The number of hydrogen-bond donors (Lipinski definition) is 0. The van der Waals surface area contributed by atoms with E-state index in [0.717, 1.165) is 17.0 Å². The lowest BCUT2D eigenvalue weighted by Crippen LogP contribution is -2.47. The minimum atomic E-state index is -0.387. The summed E-state index contributed by atoms with van der Waals surface area (Å²) in [5.41, 5.74) is 2.34. The van der Waals surface area contributed by atoms with Crippen LogP contribution >= 0.6 is 11.8 Å². The maximum atomic E-state index is 13.2. The highest BCUT2D eigenvalue weighted by atomic mass is 32.2. The molecule has 8 nitrogen and oxygen atoms in total. The van der Waals surface area contributed by atoms with Gasteiger partial charge in [0.15, 0.2) is 11.5 Å². The number of ether oxygens (including phenoxy) is 4. The van der Waals surface area contributed by atoms with Crippen LogP contribution in [0, 0.1) is 11.3 Å². The lowest BCUT2D eigenvalue weighted by atomic mass is 9.86. The molecule has 0 spiro atoms. The second kappa shape index (κ2) is 9.55. The molecule has 0 radical (unpaired) electrons. The van der Waals surface area contributed by atoms with Crippen LogP contribution < -0.4 is 23.8 Å². The summed E-state index contributed by atoms with van der Waals surface area (Å²) in [4.78, 5) is 17.0. The third kappa shape index (κ3) is 4.14. The fourth-order valence-corrected chi connectivity index (χ4v) is 5.27. The molecule has 1 fully saturated rings. The predicted molar refractivity (Wildman–Crippen MR) is 126 cm³/mol. The van der Waals surface area contributed by atoms with Gasteiger partial charge in [0.1, 0.15) is 5.75 Å². The van der Waals surface area contributed by atoms with Gasteiger partial charge in [0, 0.05) is 18.0 Å². The van der Waals surface area contributed by atoms with Gasteiger partial charge in [-0.2, -0.15) is 5.26 Å². The summed E-state index contributed by atoms with van der Waals surface area (Å²) in [6.07, 6.45) is 0.183. The second-order valence-electron chi connectivity index (χ2n) is 7.52. The predicted octanol–water partition coefficient (Wildman–Crippen LogP) is 3.94. The van der Waals surface area contributed by atoms with Crippen LogP contribution in [-0.2, 0) is 4.79 Å². The molecule has 1 atom stereocenters. The third-order valence-electron chi connectivity index (χ3n) is 5.82. The van der Waals surface area contributed by atoms with E-state index in [-0.39, 0.29) is 18.2 Å². The summed E-state index contributed by atoms with van der Waals surface area (Å²) in [6.45, 7) is 0.390. The van der Waals surface area contributed by atoms with Crippen molar-refractivity contribution in [3.63, 3.8) is 0 Å². The maximum Gasteiger partial charge on any atom is 0.229 e. The van der Waals surface area contributed by atoms with Crippen LogP contribution in [0.4, 0.5) is 5.69 Å². The van der Waals surface area contributed by atoms with E-state index in [1.54, 1.807) is 26.2 Å². The summed E-state index contributed by atoms with van der Waals surface area (Å²) < 4.78 is 21.6. The molecule has 2 aliphatic rings. The lowest BCUT2D eigenvalue weighted by molar-refractivity contribution is -0.129. The number of anilines is 1. The van der Waals surface area contributed by atoms with E-state index < -0.39 is 0 Å². The first kappa shape index (κ1) is 22.7. The molecular weight excluding hydrogens is 442 g/mol. The highest BCUT2D eigenvalue weighted by Gasteiger charge is 2.39. The number of thioether (sulfide) groups is 1. The van der Waals surface area contributed by atoms with Crippen LogP contribution in [0.25, 0.3) is 0 Å². The van der Waals surface area contributed by atoms with E-state index in [0.29, 0.717) is 40.4 Å². The summed E-state index contributed by atoms with van der Waals surface area (Å²) in [5.74, 6) is 2.44.